The Kier molecular flexibility index (Phi) is 3.06. The van der Waals surface area contributed by atoms with Crippen molar-refractivity contribution in [3.05, 3.63) is 35.6 Å². The fourth-order valence-electron chi connectivity index (χ4n) is 3.58. The van der Waals surface area contributed by atoms with E-state index in [1.165, 1.54) is 37.8 Å². The molecular weight excluding hydrogens is 229 g/mol. The number of carbonyl (C=O) groups excluding carboxylic acids is 1. The third kappa shape index (κ3) is 2.26. The van der Waals surface area contributed by atoms with Gasteiger partial charge in [0.2, 0.25) is 0 Å². The van der Waals surface area contributed by atoms with Gasteiger partial charge in [0.05, 0.1) is 0 Å². The molecule has 1 aromatic rings. The van der Waals surface area contributed by atoms with Crippen LogP contribution in [0.15, 0.2) is 24.3 Å². The quantitative estimate of drug-likeness (QED) is 0.874. The number of fused-ring (bicyclic) bond motifs is 2. The molecule has 0 saturated heterocycles. The SMILES string of the molecule is O=C(NC[C@@H]1C[C@H]2CC[C@H]1C2)c1cccc(F)c1. The second kappa shape index (κ2) is 4.71. The molecule has 2 saturated carbocycles. The van der Waals surface area contributed by atoms with E-state index in [4.69, 9.17) is 0 Å². The molecule has 18 heavy (non-hydrogen) atoms. The lowest BCUT2D eigenvalue weighted by atomic mass is 9.89. The number of hydrogen-bond acceptors (Lipinski definition) is 1. The van der Waals surface area contributed by atoms with Crippen LogP contribution < -0.4 is 5.32 Å². The van der Waals surface area contributed by atoms with Crippen molar-refractivity contribution in [3.8, 4) is 0 Å². The fourth-order valence-corrected chi connectivity index (χ4v) is 3.58. The van der Waals surface area contributed by atoms with Gasteiger partial charge in [-0.1, -0.05) is 12.5 Å². The lowest BCUT2D eigenvalue weighted by Crippen LogP contribution is -2.31. The van der Waals surface area contributed by atoms with E-state index in [1.54, 1.807) is 12.1 Å². The summed E-state index contributed by atoms with van der Waals surface area (Å²) in [6, 6.07) is 5.86. The zero-order chi connectivity index (χ0) is 12.5. The van der Waals surface area contributed by atoms with Gasteiger partial charge in [0, 0.05) is 12.1 Å². The molecule has 0 heterocycles. The Morgan fingerprint density at radius 2 is 2.22 bits per heavy atom. The van der Waals surface area contributed by atoms with E-state index < -0.39 is 0 Å². The Labute approximate surface area is 107 Å². The van der Waals surface area contributed by atoms with Gasteiger partial charge in [0.1, 0.15) is 5.82 Å². The standard InChI is InChI=1S/C15H18FNO/c16-14-3-1-2-12(8-14)15(18)17-9-13-7-10-4-5-11(13)6-10/h1-3,8,10-11,13H,4-7,9H2,(H,17,18)/t10-,11-,13-/m0/s1. The first-order chi connectivity index (χ1) is 8.72. The third-order valence-electron chi connectivity index (χ3n) is 4.50. The van der Waals surface area contributed by atoms with E-state index in [2.05, 4.69) is 5.32 Å². The topological polar surface area (TPSA) is 29.1 Å². The molecule has 3 atom stereocenters. The molecule has 0 radical (unpaired) electrons. The van der Waals surface area contributed by atoms with Gasteiger partial charge in [-0.3, -0.25) is 4.79 Å². The van der Waals surface area contributed by atoms with Gasteiger partial charge in [-0.25, -0.2) is 4.39 Å². The van der Waals surface area contributed by atoms with E-state index in [-0.39, 0.29) is 11.7 Å². The number of halogens is 1. The van der Waals surface area contributed by atoms with Crippen LogP contribution in [-0.4, -0.2) is 12.5 Å². The van der Waals surface area contributed by atoms with Crippen LogP contribution in [0.4, 0.5) is 4.39 Å². The van der Waals surface area contributed by atoms with Crippen LogP contribution in [0.1, 0.15) is 36.0 Å². The number of hydrogen-bond donors (Lipinski definition) is 1. The first-order valence-electron chi connectivity index (χ1n) is 6.76. The second-order valence-electron chi connectivity index (χ2n) is 5.66. The average molecular weight is 247 g/mol. The summed E-state index contributed by atoms with van der Waals surface area (Å²) in [6.45, 7) is 0.747. The summed E-state index contributed by atoms with van der Waals surface area (Å²) in [7, 11) is 0. The molecule has 2 bridgehead atoms. The number of benzene rings is 1. The van der Waals surface area contributed by atoms with Crippen molar-refractivity contribution < 1.29 is 9.18 Å². The van der Waals surface area contributed by atoms with Crippen LogP contribution in [0.3, 0.4) is 0 Å². The van der Waals surface area contributed by atoms with Crippen molar-refractivity contribution >= 4 is 5.91 Å². The lowest BCUT2D eigenvalue weighted by molar-refractivity contribution is 0.0941. The summed E-state index contributed by atoms with van der Waals surface area (Å²) < 4.78 is 13.0. The smallest absolute Gasteiger partial charge is 0.251 e. The first kappa shape index (κ1) is 11.7. The minimum atomic E-state index is -0.359. The van der Waals surface area contributed by atoms with E-state index in [9.17, 15) is 9.18 Å². The number of nitrogens with one attached hydrogen (secondary N) is 1. The zero-order valence-corrected chi connectivity index (χ0v) is 10.4. The number of carbonyl (C=O) groups is 1. The average Bonchev–Trinajstić information content (AvgIpc) is 2.98. The van der Waals surface area contributed by atoms with Crippen LogP contribution >= 0.6 is 0 Å². The van der Waals surface area contributed by atoms with Gasteiger partial charge in [0.15, 0.2) is 0 Å². The highest BCUT2D eigenvalue weighted by Crippen LogP contribution is 2.47. The zero-order valence-electron chi connectivity index (χ0n) is 10.4. The highest BCUT2D eigenvalue weighted by Gasteiger charge is 2.39. The van der Waals surface area contributed by atoms with Crippen molar-refractivity contribution in [2.45, 2.75) is 25.7 Å². The molecule has 0 unspecified atom stereocenters. The minimum Gasteiger partial charge on any atom is -0.352 e. The van der Waals surface area contributed by atoms with Crippen LogP contribution in [0.5, 0.6) is 0 Å². The third-order valence-corrected chi connectivity index (χ3v) is 4.50. The van der Waals surface area contributed by atoms with Crippen LogP contribution in [0.2, 0.25) is 0 Å². The number of amides is 1. The summed E-state index contributed by atoms with van der Waals surface area (Å²) >= 11 is 0. The van der Waals surface area contributed by atoms with E-state index >= 15 is 0 Å². The summed E-state index contributed by atoms with van der Waals surface area (Å²) in [4.78, 5) is 11.9. The minimum absolute atomic E-state index is 0.155. The van der Waals surface area contributed by atoms with Gasteiger partial charge in [-0.2, -0.15) is 0 Å². The fraction of sp³-hybridized carbons (Fsp3) is 0.533. The molecule has 2 nitrogen and oxygen atoms in total. The van der Waals surface area contributed by atoms with Gasteiger partial charge in [-0.15, -0.1) is 0 Å². The summed E-state index contributed by atoms with van der Waals surface area (Å²) in [6.07, 6.45) is 5.30. The van der Waals surface area contributed by atoms with Crippen LogP contribution in [-0.2, 0) is 0 Å². The van der Waals surface area contributed by atoms with E-state index in [0.717, 1.165) is 18.4 Å². The van der Waals surface area contributed by atoms with Crippen molar-refractivity contribution in [3.63, 3.8) is 0 Å². The van der Waals surface area contributed by atoms with Gasteiger partial charge < -0.3 is 5.32 Å². The highest BCUT2D eigenvalue weighted by atomic mass is 19.1. The molecule has 0 aliphatic heterocycles. The second-order valence-corrected chi connectivity index (χ2v) is 5.66. The number of rotatable bonds is 3. The van der Waals surface area contributed by atoms with E-state index in [0.29, 0.717) is 11.5 Å². The van der Waals surface area contributed by atoms with E-state index in [1.807, 2.05) is 0 Å². The predicted octanol–water partition coefficient (Wildman–Crippen LogP) is 2.99. The Bertz CT molecular complexity index is 460. The maximum absolute atomic E-state index is 13.0. The maximum Gasteiger partial charge on any atom is 0.251 e. The van der Waals surface area contributed by atoms with Crippen molar-refractivity contribution in [1.29, 1.82) is 0 Å². The molecule has 1 amide bonds. The molecule has 3 rings (SSSR count). The summed E-state index contributed by atoms with van der Waals surface area (Å²) in [5.74, 6) is 1.83. The molecule has 96 valence electrons. The normalized spacial score (nSPS) is 29.5. The molecule has 3 heteroatoms. The molecule has 0 aromatic heterocycles. The molecular formula is C15H18FNO. The first-order valence-corrected chi connectivity index (χ1v) is 6.76. The van der Waals surface area contributed by atoms with Crippen molar-refractivity contribution in [1.82, 2.24) is 5.32 Å². The molecule has 0 spiro atoms. The lowest BCUT2D eigenvalue weighted by Gasteiger charge is -2.21. The van der Waals surface area contributed by atoms with Gasteiger partial charge >= 0.3 is 0 Å². The van der Waals surface area contributed by atoms with Gasteiger partial charge in [-0.05, 0) is 55.2 Å². The maximum atomic E-state index is 13.0. The van der Waals surface area contributed by atoms with Crippen LogP contribution in [0.25, 0.3) is 0 Å². The Hall–Kier alpha value is -1.38. The molecule has 2 fully saturated rings. The largest absolute Gasteiger partial charge is 0.352 e. The van der Waals surface area contributed by atoms with Crippen molar-refractivity contribution in [2.75, 3.05) is 6.54 Å². The van der Waals surface area contributed by atoms with Gasteiger partial charge in [0.25, 0.3) is 5.91 Å². The summed E-state index contributed by atoms with van der Waals surface area (Å²) in [5.41, 5.74) is 0.415. The molecule has 1 aromatic carbocycles. The van der Waals surface area contributed by atoms with Crippen LogP contribution in [0, 0.1) is 23.6 Å². The Morgan fingerprint density at radius 1 is 1.33 bits per heavy atom. The molecule has 2 aliphatic carbocycles. The Morgan fingerprint density at radius 3 is 2.89 bits per heavy atom. The predicted molar refractivity (Wildman–Crippen MR) is 67.7 cm³/mol. The van der Waals surface area contributed by atoms with Crippen molar-refractivity contribution in [2.24, 2.45) is 17.8 Å². The Balaban J connectivity index is 1.56. The summed E-state index contributed by atoms with van der Waals surface area (Å²) in [5, 5.41) is 2.95. The highest BCUT2D eigenvalue weighted by molar-refractivity contribution is 5.94. The monoisotopic (exact) mass is 247 g/mol. The molecule has 2 aliphatic rings. The molecule has 1 N–H and O–H groups in total.